The molecule has 0 aliphatic heterocycles. The average molecular weight is 269 g/mol. The Morgan fingerprint density at radius 2 is 2.16 bits per heavy atom. The predicted octanol–water partition coefficient (Wildman–Crippen LogP) is 1.21. The molecule has 1 N–H and O–H groups in total. The minimum atomic E-state index is -1.87. The summed E-state index contributed by atoms with van der Waals surface area (Å²) >= 11 is 0. The topological polar surface area (TPSA) is 98.9 Å². The van der Waals surface area contributed by atoms with Gasteiger partial charge in [0.2, 0.25) is 0 Å². The molecule has 1 unspecified atom stereocenters. The lowest BCUT2D eigenvalue weighted by molar-refractivity contribution is -0.386. The van der Waals surface area contributed by atoms with Crippen LogP contribution in [0.1, 0.15) is 12.5 Å². The number of hydrogen-bond donors (Lipinski definition) is 1. The minimum Gasteiger partial charge on any atom is -0.483 e. The number of hydrogen-bond acceptors (Lipinski definition) is 6. The van der Waals surface area contributed by atoms with Crippen LogP contribution in [0.5, 0.6) is 5.75 Å². The second-order valence-electron chi connectivity index (χ2n) is 4.28. The fourth-order valence-electron chi connectivity index (χ4n) is 1.38. The predicted molar refractivity (Wildman–Crippen MR) is 66.0 cm³/mol. The molecule has 0 saturated carbocycles. The van der Waals surface area contributed by atoms with E-state index in [1.807, 2.05) is 0 Å². The number of aryl methyl sites for hydroxylation is 1. The summed E-state index contributed by atoms with van der Waals surface area (Å²) in [5.41, 5.74) is -1.34. The monoisotopic (exact) mass is 269 g/mol. The molecule has 0 aliphatic rings. The third kappa shape index (κ3) is 3.65. The van der Waals surface area contributed by atoms with Crippen LogP contribution in [0.3, 0.4) is 0 Å². The Hall–Kier alpha value is -2.15. The van der Waals surface area contributed by atoms with Gasteiger partial charge >= 0.3 is 11.7 Å². The van der Waals surface area contributed by atoms with Crippen molar-refractivity contribution in [1.29, 1.82) is 0 Å². The van der Waals surface area contributed by atoms with Gasteiger partial charge in [0.05, 0.1) is 12.0 Å². The summed E-state index contributed by atoms with van der Waals surface area (Å²) in [6, 6.07) is 4.34. The summed E-state index contributed by atoms with van der Waals surface area (Å²) < 4.78 is 9.58. The van der Waals surface area contributed by atoms with Crippen LogP contribution in [-0.4, -0.2) is 35.3 Å². The maximum Gasteiger partial charge on any atom is 0.341 e. The minimum absolute atomic E-state index is 0.00539. The molecule has 0 aliphatic carbocycles. The van der Waals surface area contributed by atoms with Gasteiger partial charge in [0.1, 0.15) is 6.61 Å². The number of rotatable bonds is 5. The molecule has 104 valence electrons. The molecular formula is C12H15NO6. The number of carbonyl (C=O) groups is 1. The zero-order valence-electron chi connectivity index (χ0n) is 10.9. The summed E-state index contributed by atoms with van der Waals surface area (Å²) in [6.07, 6.45) is 0. The number of nitrogens with zero attached hydrogens (tertiary/aromatic N) is 1. The lowest BCUT2D eigenvalue weighted by atomic mass is 10.1. The van der Waals surface area contributed by atoms with E-state index in [0.29, 0.717) is 0 Å². The first kappa shape index (κ1) is 14.9. The van der Waals surface area contributed by atoms with E-state index in [9.17, 15) is 20.0 Å². The lowest BCUT2D eigenvalue weighted by Gasteiger charge is -2.20. The zero-order chi connectivity index (χ0) is 14.6. The van der Waals surface area contributed by atoms with Gasteiger partial charge in [-0.1, -0.05) is 6.07 Å². The molecule has 0 fully saturated rings. The fraction of sp³-hybridized carbons (Fsp3) is 0.417. The summed E-state index contributed by atoms with van der Waals surface area (Å²) in [7, 11) is 1.13. The molecule has 1 aromatic rings. The van der Waals surface area contributed by atoms with Crippen LogP contribution in [0.15, 0.2) is 18.2 Å². The van der Waals surface area contributed by atoms with Gasteiger partial charge in [0.15, 0.2) is 11.4 Å². The highest BCUT2D eigenvalue weighted by molar-refractivity contribution is 5.78. The highest BCUT2D eigenvalue weighted by Crippen LogP contribution is 2.28. The van der Waals surface area contributed by atoms with Gasteiger partial charge < -0.3 is 14.6 Å². The van der Waals surface area contributed by atoms with E-state index in [0.717, 1.165) is 12.7 Å². The summed E-state index contributed by atoms with van der Waals surface area (Å²) in [5, 5.41) is 20.6. The maximum atomic E-state index is 11.3. The Labute approximate surface area is 109 Å². The van der Waals surface area contributed by atoms with E-state index < -0.39 is 23.1 Å². The maximum absolute atomic E-state index is 11.3. The quantitative estimate of drug-likeness (QED) is 0.490. The third-order valence-corrected chi connectivity index (χ3v) is 2.45. The van der Waals surface area contributed by atoms with E-state index >= 15 is 0 Å². The molecule has 1 aromatic carbocycles. The van der Waals surface area contributed by atoms with Crippen molar-refractivity contribution in [2.45, 2.75) is 19.4 Å². The van der Waals surface area contributed by atoms with Gasteiger partial charge in [-0.25, -0.2) is 4.79 Å². The molecule has 0 radical (unpaired) electrons. The van der Waals surface area contributed by atoms with Crippen molar-refractivity contribution in [2.24, 2.45) is 0 Å². The lowest BCUT2D eigenvalue weighted by Crippen LogP contribution is -2.42. The molecule has 1 atom stereocenters. The number of nitro groups is 1. The fourth-order valence-corrected chi connectivity index (χ4v) is 1.38. The van der Waals surface area contributed by atoms with E-state index in [1.165, 1.54) is 19.1 Å². The smallest absolute Gasteiger partial charge is 0.341 e. The van der Waals surface area contributed by atoms with Crippen LogP contribution in [0, 0.1) is 17.0 Å². The Morgan fingerprint density at radius 3 is 2.68 bits per heavy atom. The number of aliphatic hydroxyl groups is 1. The van der Waals surface area contributed by atoms with Crippen molar-refractivity contribution < 1.29 is 24.3 Å². The van der Waals surface area contributed by atoms with Crippen LogP contribution in [0.25, 0.3) is 0 Å². The number of nitro benzene ring substituents is 1. The number of methoxy groups -OCH3 is 1. The average Bonchev–Trinajstić information content (AvgIpc) is 2.35. The molecule has 7 heteroatoms. The van der Waals surface area contributed by atoms with E-state index in [1.54, 1.807) is 13.0 Å². The molecule has 1 rings (SSSR count). The van der Waals surface area contributed by atoms with Gasteiger partial charge in [-0.05, 0) is 25.5 Å². The Bertz CT molecular complexity index is 497. The van der Waals surface area contributed by atoms with Gasteiger partial charge in [-0.3, -0.25) is 10.1 Å². The second-order valence-corrected chi connectivity index (χ2v) is 4.28. The Morgan fingerprint density at radius 1 is 1.53 bits per heavy atom. The van der Waals surface area contributed by atoms with Gasteiger partial charge in [-0.15, -0.1) is 0 Å². The molecule has 0 bridgehead atoms. The molecule has 0 aromatic heterocycles. The first-order chi connectivity index (χ1) is 8.77. The number of carbonyl (C=O) groups excluding carboxylic acids is 1. The van der Waals surface area contributed by atoms with Crippen molar-refractivity contribution in [3.05, 3.63) is 33.9 Å². The van der Waals surface area contributed by atoms with Gasteiger partial charge in [0.25, 0.3) is 0 Å². The van der Waals surface area contributed by atoms with Crippen molar-refractivity contribution in [3.8, 4) is 5.75 Å². The molecule has 0 spiro atoms. The first-order valence-corrected chi connectivity index (χ1v) is 5.46. The van der Waals surface area contributed by atoms with Crippen molar-refractivity contribution >= 4 is 11.7 Å². The number of ether oxygens (including phenoxy) is 2. The van der Waals surface area contributed by atoms with E-state index in [-0.39, 0.29) is 11.4 Å². The SMILES string of the molecule is COC(=O)C(C)(O)COc1cc(C)ccc1[N+](=O)[O-]. The molecule has 0 heterocycles. The summed E-state index contributed by atoms with van der Waals surface area (Å²) in [5.74, 6) is -0.878. The third-order valence-electron chi connectivity index (χ3n) is 2.45. The van der Waals surface area contributed by atoms with Crippen LogP contribution in [-0.2, 0) is 9.53 Å². The number of esters is 1. The molecule has 19 heavy (non-hydrogen) atoms. The van der Waals surface area contributed by atoms with Crippen molar-refractivity contribution in [3.63, 3.8) is 0 Å². The molecule has 0 saturated heterocycles. The zero-order valence-corrected chi connectivity index (χ0v) is 10.9. The van der Waals surface area contributed by atoms with E-state index in [2.05, 4.69) is 4.74 Å². The summed E-state index contributed by atoms with van der Waals surface area (Å²) in [6.45, 7) is 2.51. The summed E-state index contributed by atoms with van der Waals surface area (Å²) in [4.78, 5) is 21.5. The van der Waals surface area contributed by atoms with Gasteiger partial charge in [0, 0.05) is 6.07 Å². The van der Waals surface area contributed by atoms with Crippen molar-refractivity contribution in [2.75, 3.05) is 13.7 Å². The Balaban J connectivity index is 2.91. The normalized spacial score (nSPS) is 13.5. The van der Waals surface area contributed by atoms with E-state index in [4.69, 9.17) is 4.74 Å². The van der Waals surface area contributed by atoms with Gasteiger partial charge in [-0.2, -0.15) is 0 Å². The number of benzene rings is 1. The van der Waals surface area contributed by atoms with Crippen LogP contribution in [0.4, 0.5) is 5.69 Å². The molecular weight excluding hydrogens is 254 g/mol. The Kier molecular flexibility index (Phi) is 4.44. The molecule has 0 amide bonds. The highest BCUT2D eigenvalue weighted by Gasteiger charge is 2.33. The molecule has 7 nitrogen and oxygen atoms in total. The van der Waals surface area contributed by atoms with Crippen molar-refractivity contribution in [1.82, 2.24) is 0 Å². The standard InChI is InChI=1S/C12H15NO6/c1-8-4-5-9(13(16)17)10(6-8)19-7-12(2,15)11(14)18-3/h4-6,15H,7H2,1-3H3. The second kappa shape index (κ2) is 5.66. The largest absolute Gasteiger partial charge is 0.483 e. The van der Waals surface area contributed by atoms with Crippen LogP contribution >= 0.6 is 0 Å². The highest BCUT2D eigenvalue weighted by atomic mass is 16.6. The first-order valence-electron chi connectivity index (χ1n) is 5.46. The van der Waals surface area contributed by atoms with Crippen LogP contribution in [0.2, 0.25) is 0 Å². The van der Waals surface area contributed by atoms with Crippen LogP contribution < -0.4 is 4.74 Å².